The van der Waals surface area contributed by atoms with Crippen LogP contribution in [-0.2, 0) is 9.53 Å². The van der Waals surface area contributed by atoms with Gasteiger partial charge in [0.15, 0.2) is 6.61 Å². The summed E-state index contributed by atoms with van der Waals surface area (Å²) in [5, 5.41) is 13.9. The molecule has 2 aliphatic heterocycles. The van der Waals surface area contributed by atoms with E-state index in [1.807, 2.05) is 0 Å². The number of carbonyl (C=O) groups excluding carboxylic acids is 1. The largest absolute Gasteiger partial charge is 0.522 e. The zero-order valence-corrected chi connectivity index (χ0v) is 17.8. The minimum Gasteiger partial charge on any atom is -0.484 e. The monoisotopic (exact) mass is 493 g/mol. The smallest absolute Gasteiger partial charge is 0.484 e. The van der Waals surface area contributed by atoms with E-state index < -0.39 is 18.3 Å². The minimum atomic E-state index is -4.67. The fourth-order valence-electron chi connectivity index (χ4n) is 3.53. The van der Waals surface area contributed by atoms with E-state index in [4.69, 9.17) is 20.8 Å². The van der Waals surface area contributed by atoms with Gasteiger partial charge in [-0.15, -0.1) is 18.3 Å². The molecule has 2 atom stereocenters. The molecule has 14 heteroatoms. The van der Waals surface area contributed by atoms with Gasteiger partial charge in [-0.05, 0) is 25.0 Å². The molecule has 1 aromatic heterocycles. The van der Waals surface area contributed by atoms with Crippen LogP contribution in [0, 0.1) is 5.82 Å². The molecule has 1 aromatic carbocycles. The van der Waals surface area contributed by atoms with E-state index in [0.717, 1.165) is 6.07 Å². The highest BCUT2D eigenvalue weighted by atomic mass is 35.5. The number of alkyl halides is 3. The molecular weight excluding hydrogens is 474 g/mol. The van der Waals surface area contributed by atoms with Crippen molar-refractivity contribution in [2.24, 2.45) is 0 Å². The van der Waals surface area contributed by atoms with Gasteiger partial charge in [-0.3, -0.25) is 9.53 Å². The quantitative estimate of drug-likeness (QED) is 0.568. The van der Waals surface area contributed by atoms with Gasteiger partial charge in [0.1, 0.15) is 17.7 Å². The molecule has 1 amide bonds. The summed E-state index contributed by atoms with van der Waals surface area (Å²) in [6.45, 7) is 0.188. The topological polar surface area (TPSA) is 102 Å². The average molecular weight is 494 g/mol. The number of nitrogens with zero attached hydrogens (tertiary/aromatic N) is 3. The van der Waals surface area contributed by atoms with Gasteiger partial charge < -0.3 is 24.7 Å². The van der Waals surface area contributed by atoms with Gasteiger partial charge in [-0.2, -0.15) is 0 Å². The van der Waals surface area contributed by atoms with Gasteiger partial charge >= 0.3 is 12.4 Å². The molecule has 2 aliphatic rings. The predicted molar refractivity (Wildman–Crippen MR) is 106 cm³/mol. The molecule has 2 N–H and O–H groups in total. The van der Waals surface area contributed by atoms with Crippen molar-refractivity contribution in [2.45, 2.75) is 37.4 Å². The molecular formula is C19H20ClF4N5O4. The second-order valence-electron chi connectivity index (χ2n) is 7.68. The summed E-state index contributed by atoms with van der Waals surface area (Å²) in [5.41, 5.74) is 0. The number of hydrogen-bond donors (Lipinski definition) is 2. The van der Waals surface area contributed by atoms with Crippen molar-refractivity contribution in [2.75, 3.05) is 31.1 Å². The van der Waals surface area contributed by atoms with Crippen LogP contribution in [0.4, 0.5) is 23.6 Å². The second-order valence-corrected chi connectivity index (χ2v) is 8.09. The van der Waals surface area contributed by atoms with Gasteiger partial charge in [-0.25, -0.2) is 4.39 Å². The summed E-state index contributed by atoms with van der Waals surface area (Å²) in [6.07, 6.45) is -4.41. The Kier molecular flexibility index (Phi) is 6.91. The molecule has 0 unspecified atom stereocenters. The third kappa shape index (κ3) is 6.24. The number of hydrogen-bond acceptors (Lipinski definition) is 8. The van der Waals surface area contributed by atoms with Crippen molar-refractivity contribution in [3.05, 3.63) is 34.9 Å². The first-order chi connectivity index (χ1) is 15.7. The maximum Gasteiger partial charge on any atom is 0.522 e. The Balaban J connectivity index is 1.18. The molecule has 4 rings (SSSR count). The van der Waals surface area contributed by atoms with Gasteiger partial charge in [0, 0.05) is 18.7 Å². The van der Waals surface area contributed by atoms with Crippen LogP contribution in [0.5, 0.6) is 5.75 Å². The van der Waals surface area contributed by atoms with E-state index in [2.05, 4.69) is 25.6 Å². The maximum atomic E-state index is 13.4. The highest BCUT2D eigenvalue weighted by Crippen LogP contribution is 2.29. The zero-order chi connectivity index (χ0) is 23.6. The van der Waals surface area contributed by atoms with Crippen molar-refractivity contribution in [3.63, 3.8) is 0 Å². The summed E-state index contributed by atoms with van der Waals surface area (Å²) >= 11 is 5.61. The van der Waals surface area contributed by atoms with E-state index in [0.29, 0.717) is 25.3 Å². The molecule has 3 heterocycles. The van der Waals surface area contributed by atoms with Crippen LogP contribution in [0.15, 0.2) is 22.6 Å². The highest BCUT2D eigenvalue weighted by Gasteiger charge is 2.41. The summed E-state index contributed by atoms with van der Waals surface area (Å²) in [5.74, 6) is -0.475. The fourth-order valence-corrected chi connectivity index (χ4v) is 3.65. The lowest BCUT2D eigenvalue weighted by Gasteiger charge is -2.37. The molecule has 9 nitrogen and oxygen atoms in total. The molecule has 0 bridgehead atoms. The second kappa shape index (κ2) is 9.69. The Hall–Kier alpha value is -2.64. The molecule has 180 valence electrons. The molecule has 2 fully saturated rings. The molecule has 0 saturated carbocycles. The van der Waals surface area contributed by atoms with E-state index in [1.165, 1.54) is 17.0 Å². The first-order valence-electron chi connectivity index (χ1n) is 10.1. The van der Waals surface area contributed by atoms with Gasteiger partial charge in [-0.1, -0.05) is 16.7 Å². The maximum absolute atomic E-state index is 13.4. The Morgan fingerprint density at radius 2 is 2.09 bits per heavy atom. The summed E-state index contributed by atoms with van der Waals surface area (Å²) in [6, 6.07) is 3.65. The molecule has 33 heavy (non-hydrogen) atoms. The van der Waals surface area contributed by atoms with Gasteiger partial charge in [0.25, 0.3) is 5.91 Å². The van der Waals surface area contributed by atoms with Crippen molar-refractivity contribution in [1.29, 1.82) is 0 Å². The van der Waals surface area contributed by atoms with Crippen LogP contribution in [0.25, 0.3) is 0 Å². The van der Waals surface area contributed by atoms with E-state index in [-0.39, 0.29) is 54.5 Å². The number of ether oxygens (including phenoxy) is 2. The predicted octanol–water partition coefficient (Wildman–Crippen LogP) is 2.58. The van der Waals surface area contributed by atoms with Crippen LogP contribution >= 0.6 is 11.6 Å². The number of piperidine rings is 1. The Morgan fingerprint density at radius 3 is 2.76 bits per heavy atom. The van der Waals surface area contributed by atoms with Crippen LogP contribution in [0.1, 0.15) is 24.8 Å². The summed E-state index contributed by atoms with van der Waals surface area (Å²) in [4.78, 5) is 13.6. The standard InChI is InChI=1S/C19H20ClF4N5O4/c20-13-3-2-11(5-14(13)21)31-9-16(30)26-10-1-4-15(25-6-10)17-27-28-18(32-17)29-7-12(8-29)33-19(22,23)24/h2-3,5,10,12,15,25H,1,4,6-9H2,(H,26,30)/t10-,15+/m1/s1. The van der Waals surface area contributed by atoms with Crippen LogP contribution in [-0.4, -0.2) is 60.9 Å². The van der Waals surface area contributed by atoms with Crippen molar-refractivity contribution < 1.29 is 36.2 Å². The Labute approximate surface area is 190 Å². The SMILES string of the molecule is O=C(COc1ccc(Cl)c(F)c1)N[C@@H]1CC[C@@H](c2nnc(N3CC(OC(F)(F)F)C3)o2)NC1. The Morgan fingerprint density at radius 1 is 1.30 bits per heavy atom. The van der Waals surface area contributed by atoms with Crippen LogP contribution in [0.3, 0.4) is 0 Å². The number of halogens is 5. The summed E-state index contributed by atoms with van der Waals surface area (Å²) < 4.78 is 64.8. The Bertz CT molecular complexity index is 977. The third-order valence-corrected chi connectivity index (χ3v) is 5.49. The van der Waals surface area contributed by atoms with Crippen molar-refractivity contribution in [3.8, 4) is 5.75 Å². The fraction of sp³-hybridized carbons (Fsp3) is 0.526. The summed E-state index contributed by atoms with van der Waals surface area (Å²) in [7, 11) is 0. The number of aromatic nitrogens is 2. The number of anilines is 1. The van der Waals surface area contributed by atoms with Gasteiger partial charge in [0.05, 0.1) is 24.2 Å². The highest BCUT2D eigenvalue weighted by molar-refractivity contribution is 6.30. The zero-order valence-electron chi connectivity index (χ0n) is 17.1. The lowest BCUT2D eigenvalue weighted by atomic mass is 10.0. The average Bonchev–Trinajstić information content (AvgIpc) is 3.21. The number of nitrogens with one attached hydrogen (secondary N) is 2. The first-order valence-corrected chi connectivity index (χ1v) is 10.5. The molecule has 2 aromatic rings. The van der Waals surface area contributed by atoms with Crippen LogP contribution in [0.2, 0.25) is 5.02 Å². The van der Waals surface area contributed by atoms with E-state index >= 15 is 0 Å². The minimum absolute atomic E-state index is 0.0120. The van der Waals surface area contributed by atoms with Crippen molar-refractivity contribution >= 4 is 23.5 Å². The lowest BCUT2D eigenvalue weighted by Crippen LogP contribution is -2.54. The number of amides is 1. The first kappa shape index (κ1) is 23.5. The van der Waals surface area contributed by atoms with Crippen molar-refractivity contribution in [1.82, 2.24) is 20.8 Å². The number of benzene rings is 1. The molecule has 0 aliphatic carbocycles. The third-order valence-electron chi connectivity index (χ3n) is 5.19. The number of carbonyl (C=O) groups is 1. The molecule has 0 radical (unpaired) electrons. The number of rotatable bonds is 7. The van der Waals surface area contributed by atoms with E-state index in [1.54, 1.807) is 0 Å². The molecule has 2 saturated heterocycles. The van der Waals surface area contributed by atoms with E-state index in [9.17, 15) is 22.4 Å². The lowest BCUT2D eigenvalue weighted by molar-refractivity contribution is -0.344. The molecule has 0 spiro atoms. The normalized spacial score (nSPS) is 21.5. The van der Waals surface area contributed by atoms with Crippen LogP contribution < -0.4 is 20.3 Å². The van der Waals surface area contributed by atoms with Gasteiger partial charge in [0.2, 0.25) is 5.89 Å².